The average molecular weight is 328 g/mol. The van der Waals surface area contributed by atoms with Gasteiger partial charge in [0, 0.05) is 36.6 Å². The van der Waals surface area contributed by atoms with Gasteiger partial charge in [-0.3, -0.25) is 0 Å². The number of anilines is 2. The van der Waals surface area contributed by atoms with E-state index in [4.69, 9.17) is 5.73 Å². The highest BCUT2D eigenvalue weighted by atomic mass is 15.1. The molecule has 0 fully saturated rings. The van der Waals surface area contributed by atoms with Crippen LogP contribution < -0.4 is 10.6 Å². The van der Waals surface area contributed by atoms with Crippen molar-refractivity contribution in [2.45, 2.75) is 6.92 Å². The minimum atomic E-state index is 0.270. The minimum absolute atomic E-state index is 0.270. The van der Waals surface area contributed by atoms with E-state index in [1.54, 1.807) is 0 Å². The summed E-state index contributed by atoms with van der Waals surface area (Å²) in [5, 5.41) is 9.69. The van der Waals surface area contributed by atoms with Crippen LogP contribution >= 0.6 is 0 Å². The van der Waals surface area contributed by atoms with Crippen LogP contribution in [0.3, 0.4) is 0 Å². The molecule has 0 aliphatic heterocycles. The van der Waals surface area contributed by atoms with Crippen molar-refractivity contribution in [2.24, 2.45) is 0 Å². The summed E-state index contributed by atoms with van der Waals surface area (Å²) in [5.74, 6) is 0.270. The van der Waals surface area contributed by atoms with E-state index in [2.05, 4.69) is 11.1 Å². The molecular formula is C21H20N4. The second-order valence-electron chi connectivity index (χ2n) is 6.13. The molecule has 4 nitrogen and oxygen atoms in total. The summed E-state index contributed by atoms with van der Waals surface area (Å²) in [4.78, 5) is 6.44. The number of rotatable bonds is 3. The third-order valence-corrected chi connectivity index (χ3v) is 4.25. The number of hydrogen-bond acceptors (Lipinski definition) is 4. The zero-order valence-corrected chi connectivity index (χ0v) is 14.6. The molecule has 0 amide bonds. The van der Waals surface area contributed by atoms with Gasteiger partial charge in [0.15, 0.2) is 0 Å². The number of hydrogen-bond donors (Lipinski definition) is 1. The molecule has 0 radical (unpaired) electrons. The highest BCUT2D eigenvalue weighted by Crippen LogP contribution is 2.38. The Bertz CT molecular complexity index is 936. The van der Waals surface area contributed by atoms with E-state index in [1.165, 1.54) is 0 Å². The zero-order chi connectivity index (χ0) is 18.0. The van der Waals surface area contributed by atoms with E-state index in [1.807, 2.05) is 80.5 Å². The first-order chi connectivity index (χ1) is 12.0. The lowest BCUT2D eigenvalue weighted by Crippen LogP contribution is -2.08. The molecule has 3 rings (SSSR count). The molecule has 0 spiro atoms. The second kappa shape index (κ2) is 6.66. The van der Waals surface area contributed by atoms with Crippen molar-refractivity contribution in [3.8, 4) is 28.3 Å². The van der Waals surface area contributed by atoms with Crippen LogP contribution in [0.2, 0.25) is 0 Å². The Labute approximate surface area is 148 Å². The van der Waals surface area contributed by atoms with Crippen LogP contribution in [0.15, 0.2) is 54.6 Å². The van der Waals surface area contributed by atoms with Crippen LogP contribution in [0, 0.1) is 18.3 Å². The minimum Gasteiger partial charge on any atom is -0.383 e. The Morgan fingerprint density at radius 3 is 2.08 bits per heavy atom. The third kappa shape index (κ3) is 3.05. The van der Waals surface area contributed by atoms with Crippen molar-refractivity contribution in [3.05, 3.63) is 65.9 Å². The van der Waals surface area contributed by atoms with E-state index >= 15 is 0 Å². The average Bonchev–Trinajstić information content (AvgIpc) is 2.62. The molecule has 0 saturated heterocycles. The number of benzene rings is 2. The molecule has 2 N–H and O–H groups in total. The molecule has 0 aliphatic rings. The van der Waals surface area contributed by atoms with E-state index in [-0.39, 0.29) is 5.82 Å². The second-order valence-corrected chi connectivity index (χ2v) is 6.13. The van der Waals surface area contributed by atoms with Gasteiger partial charge in [-0.2, -0.15) is 5.26 Å². The van der Waals surface area contributed by atoms with Crippen LogP contribution in [-0.2, 0) is 0 Å². The van der Waals surface area contributed by atoms with Crippen molar-refractivity contribution in [3.63, 3.8) is 0 Å². The molecule has 0 saturated carbocycles. The summed E-state index contributed by atoms with van der Waals surface area (Å²) in [7, 11) is 4.00. The van der Waals surface area contributed by atoms with Gasteiger partial charge >= 0.3 is 0 Å². The van der Waals surface area contributed by atoms with Crippen molar-refractivity contribution in [1.82, 2.24) is 4.98 Å². The maximum absolute atomic E-state index is 9.69. The molecule has 0 bridgehead atoms. The lowest BCUT2D eigenvalue weighted by Gasteiger charge is -2.17. The van der Waals surface area contributed by atoms with Crippen LogP contribution in [0.4, 0.5) is 11.5 Å². The molecule has 2 aromatic carbocycles. The summed E-state index contributed by atoms with van der Waals surface area (Å²) in [6.45, 7) is 1.93. The lowest BCUT2D eigenvalue weighted by molar-refractivity contribution is 1.13. The van der Waals surface area contributed by atoms with Gasteiger partial charge in [0.25, 0.3) is 0 Å². The van der Waals surface area contributed by atoms with Crippen LogP contribution in [0.5, 0.6) is 0 Å². The van der Waals surface area contributed by atoms with Gasteiger partial charge in [0.2, 0.25) is 0 Å². The largest absolute Gasteiger partial charge is 0.383 e. The van der Waals surface area contributed by atoms with E-state index in [0.717, 1.165) is 33.6 Å². The van der Waals surface area contributed by atoms with Gasteiger partial charge in [0.1, 0.15) is 17.5 Å². The molecular weight excluding hydrogens is 308 g/mol. The normalized spacial score (nSPS) is 10.3. The molecule has 4 heteroatoms. The number of pyridine rings is 1. The fraction of sp³-hybridized carbons (Fsp3) is 0.143. The summed E-state index contributed by atoms with van der Waals surface area (Å²) in [6, 6.07) is 20.4. The van der Waals surface area contributed by atoms with Gasteiger partial charge in [-0.1, -0.05) is 42.5 Å². The molecule has 25 heavy (non-hydrogen) atoms. The third-order valence-electron chi connectivity index (χ3n) is 4.25. The van der Waals surface area contributed by atoms with Crippen molar-refractivity contribution < 1.29 is 0 Å². The Morgan fingerprint density at radius 1 is 0.920 bits per heavy atom. The fourth-order valence-corrected chi connectivity index (χ4v) is 3.01. The highest BCUT2D eigenvalue weighted by molar-refractivity contribution is 5.91. The molecule has 0 atom stereocenters. The summed E-state index contributed by atoms with van der Waals surface area (Å²) in [5.41, 5.74) is 12.2. The topological polar surface area (TPSA) is 65.9 Å². The van der Waals surface area contributed by atoms with Crippen molar-refractivity contribution >= 4 is 11.5 Å². The number of nitrogens with two attached hydrogens (primary N) is 1. The van der Waals surface area contributed by atoms with Gasteiger partial charge in [-0.05, 0) is 30.2 Å². The SMILES string of the molecule is Cc1nc(N)c(C#N)c(-c2ccc(N(C)C)cc2)c1-c1ccccc1. The lowest BCUT2D eigenvalue weighted by atomic mass is 9.90. The number of aromatic nitrogens is 1. The molecule has 0 unspecified atom stereocenters. The van der Waals surface area contributed by atoms with Crippen LogP contribution in [0.25, 0.3) is 22.3 Å². The molecule has 3 aromatic rings. The predicted molar refractivity (Wildman–Crippen MR) is 103 cm³/mol. The standard InChI is InChI=1S/C21H20N4/c1-14-19(15-7-5-4-6-8-15)20(18(13-22)21(23)24-14)16-9-11-17(12-10-16)25(2)3/h4-12H,1-3H3,(H2,23,24). The number of aryl methyl sites for hydroxylation is 1. The van der Waals surface area contributed by atoms with Gasteiger partial charge < -0.3 is 10.6 Å². The highest BCUT2D eigenvalue weighted by Gasteiger charge is 2.19. The van der Waals surface area contributed by atoms with Gasteiger partial charge in [-0.15, -0.1) is 0 Å². The monoisotopic (exact) mass is 328 g/mol. The van der Waals surface area contributed by atoms with Crippen molar-refractivity contribution in [1.29, 1.82) is 5.26 Å². The first-order valence-electron chi connectivity index (χ1n) is 8.06. The molecule has 0 aliphatic carbocycles. The predicted octanol–water partition coefficient (Wildman–Crippen LogP) is 4.24. The summed E-state index contributed by atoms with van der Waals surface area (Å²) >= 11 is 0. The van der Waals surface area contributed by atoms with Gasteiger partial charge in [-0.25, -0.2) is 4.98 Å². The van der Waals surface area contributed by atoms with Gasteiger partial charge in [0.05, 0.1) is 0 Å². The Balaban J connectivity index is 2.32. The summed E-state index contributed by atoms with van der Waals surface area (Å²) < 4.78 is 0. The Hall–Kier alpha value is -3.32. The van der Waals surface area contributed by atoms with Crippen molar-refractivity contribution in [2.75, 3.05) is 24.7 Å². The van der Waals surface area contributed by atoms with E-state index in [0.29, 0.717) is 5.56 Å². The molecule has 124 valence electrons. The fourth-order valence-electron chi connectivity index (χ4n) is 3.01. The van der Waals surface area contributed by atoms with Crippen LogP contribution in [-0.4, -0.2) is 19.1 Å². The van der Waals surface area contributed by atoms with E-state index in [9.17, 15) is 5.26 Å². The molecule has 1 aromatic heterocycles. The smallest absolute Gasteiger partial charge is 0.142 e. The zero-order valence-electron chi connectivity index (χ0n) is 14.6. The first-order valence-corrected chi connectivity index (χ1v) is 8.06. The number of nitriles is 1. The summed E-state index contributed by atoms with van der Waals surface area (Å²) in [6.07, 6.45) is 0. The van der Waals surface area contributed by atoms with Crippen LogP contribution in [0.1, 0.15) is 11.3 Å². The molecule has 1 heterocycles. The quantitative estimate of drug-likeness (QED) is 0.781. The maximum atomic E-state index is 9.69. The first kappa shape index (κ1) is 16.5. The maximum Gasteiger partial charge on any atom is 0.142 e. The van der Waals surface area contributed by atoms with E-state index < -0.39 is 0 Å². The Morgan fingerprint density at radius 2 is 1.52 bits per heavy atom. The number of nitrogen functional groups attached to an aromatic ring is 1. The Kier molecular flexibility index (Phi) is 4.40. The number of nitrogens with zero attached hydrogens (tertiary/aromatic N) is 3.